The van der Waals surface area contributed by atoms with Gasteiger partial charge in [-0.2, -0.15) is 0 Å². The zero-order valence-electron chi connectivity index (χ0n) is 19.0. The smallest absolute Gasteiger partial charge is 0.0238 e. The summed E-state index contributed by atoms with van der Waals surface area (Å²) in [6, 6.07) is 28.6. The molecule has 0 saturated carbocycles. The lowest BCUT2D eigenvalue weighted by molar-refractivity contribution is 0.930. The first kappa shape index (κ1) is 24.4. The first-order chi connectivity index (χ1) is 14.3. The van der Waals surface area contributed by atoms with E-state index in [1.807, 2.05) is 27.7 Å². The lowest BCUT2D eigenvalue weighted by Gasteiger charge is -2.09. The quantitative estimate of drug-likeness (QED) is 0.383. The molecule has 0 unspecified atom stereocenters. The van der Waals surface area contributed by atoms with Crippen molar-refractivity contribution in [2.24, 2.45) is 0 Å². The van der Waals surface area contributed by atoms with E-state index >= 15 is 0 Å². The highest BCUT2D eigenvalue weighted by atomic mass is 14.1. The molecule has 3 aromatic carbocycles. The normalized spacial score (nSPS) is 9.97. The van der Waals surface area contributed by atoms with Gasteiger partial charge in [-0.3, -0.25) is 0 Å². The molecule has 29 heavy (non-hydrogen) atoms. The van der Waals surface area contributed by atoms with Crippen LogP contribution in [-0.4, -0.2) is 0 Å². The van der Waals surface area contributed by atoms with Crippen molar-refractivity contribution in [1.82, 2.24) is 0 Å². The summed E-state index contributed by atoms with van der Waals surface area (Å²) in [5.41, 5.74) is 7.00. The van der Waals surface area contributed by atoms with Crippen LogP contribution < -0.4 is 0 Å². The minimum Gasteiger partial charge on any atom is -0.0871 e. The second-order valence-electron chi connectivity index (χ2n) is 6.55. The number of allylic oxidation sites excluding steroid dienone is 1. The molecule has 0 nitrogen and oxygen atoms in total. The SMILES string of the molecule is C/C=C/c1cc(CCc2ccccc2)cc(CCc2ccccc2)c1.CC.CC. The molecule has 0 N–H and O–H groups in total. The van der Waals surface area contributed by atoms with Gasteiger partial charge in [-0.15, -0.1) is 0 Å². The summed E-state index contributed by atoms with van der Waals surface area (Å²) in [4.78, 5) is 0. The topological polar surface area (TPSA) is 0 Å². The molecule has 0 amide bonds. The lowest BCUT2D eigenvalue weighted by atomic mass is 9.96. The van der Waals surface area contributed by atoms with Crippen LogP contribution in [0.5, 0.6) is 0 Å². The van der Waals surface area contributed by atoms with E-state index in [1.54, 1.807) is 0 Å². The van der Waals surface area contributed by atoms with Gasteiger partial charge >= 0.3 is 0 Å². The summed E-state index contributed by atoms with van der Waals surface area (Å²) in [7, 11) is 0. The van der Waals surface area contributed by atoms with Gasteiger partial charge in [-0.05, 0) is 60.4 Å². The Kier molecular flexibility index (Phi) is 12.9. The van der Waals surface area contributed by atoms with E-state index in [1.165, 1.54) is 27.8 Å². The zero-order valence-corrected chi connectivity index (χ0v) is 19.0. The number of rotatable bonds is 7. The highest BCUT2D eigenvalue weighted by Gasteiger charge is 2.02. The summed E-state index contributed by atoms with van der Waals surface area (Å²) in [5, 5.41) is 0. The van der Waals surface area contributed by atoms with E-state index in [0.29, 0.717) is 0 Å². The summed E-state index contributed by atoms with van der Waals surface area (Å²) in [5.74, 6) is 0. The van der Waals surface area contributed by atoms with Crippen LogP contribution in [-0.2, 0) is 25.7 Å². The lowest BCUT2D eigenvalue weighted by Crippen LogP contribution is -1.97. The molecule has 0 heteroatoms. The van der Waals surface area contributed by atoms with Crippen molar-refractivity contribution in [3.8, 4) is 0 Å². The van der Waals surface area contributed by atoms with Crippen molar-refractivity contribution < 1.29 is 0 Å². The van der Waals surface area contributed by atoms with Crippen LogP contribution >= 0.6 is 0 Å². The Bertz CT molecular complexity index is 736. The molecule has 0 fully saturated rings. The third-order valence-electron chi connectivity index (χ3n) is 4.52. The molecule has 0 atom stereocenters. The second-order valence-corrected chi connectivity index (χ2v) is 6.55. The molecule has 3 rings (SSSR count). The van der Waals surface area contributed by atoms with Gasteiger partial charge in [-0.25, -0.2) is 0 Å². The van der Waals surface area contributed by atoms with Gasteiger partial charge in [0.25, 0.3) is 0 Å². The highest BCUT2D eigenvalue weighted by molar-refractivity contribution is 5.52. The number of hydrogen-bond acceptors (Lipinski definition) is 0. The Balaban J connectivity index is 0.000000989. The van der Waals surface area contributed by atoms with Gasteiger partial charge in [0.15, 0.2) is 0 Å². The minimum atomic E-state index is 1.09. The fourth-order valence-corrected chi connectivity index (χ4v) is 3.24. The molecule has 0 aliphatic rings. The standard InChI is InChI=1S/C25H26.2C2H6/c1-2-9-23-18-24(16-14-21-10-5-3-6-11-21)20-25(19-23)17-15-22-12-7-4-8-13-22;2*1-2/h2-13,18-20H,14-17H2,1H3;2*1-2H3/b9-2+;;. The van der Waals surface area contributed by atoms with E-state index < -0.39 is 0 Å². The minimum absolute atomic E-state index is 1.09. The summed E-state index contributed by atoms with van der Waals surface area (Å²) in [6.45, 7) is 10.1. The zero-order chi connectivity index (χ0) is 21.3. The van der Waals surface area contributed by atoms with E-state index in [0.717, 1.165) is 25.7 Å². The van der Waals surface area contributed by atoms with Crippen LogP contribution in [0.15, 0.2) is 84.9 Å². The van der Waals surface area contributed by atoms with Crippen molar-refractivity contribution in [2.75, 3.05) is 0 Å². The number of hydrogen-bond donors (Lipinski definition) is 0. The van der Waals surface area contributed by atoms with Gasteiger partial charge in [0.2, 0.25) is 0 Å². The summed E-state index contributed by atoms with van der Waals surface area (Å²) in [6.07, 6.45) is 8.70. The molecule has 0 aromatic heterocycles. The number of benzene rings is 3. The largest absolute Gasteiger partial charge is 0.0871 e. The van der Waals surface area contributed by atoms with E-state index in [4.69, 9.17) is 0 Å². The number of aryl methyl sites for hydroxylation is 4. The summed E-state index contributed by atoms with van der Waals surface area (Å²) < 4.78 is 0. The molecular formula is C29H38. The molecule has 0 radical (unpaired) electrons. The van der Waals surface area contributed by atoms with Crippen molar-refractivity contribution >= 4 is 6.08 Å². The Morgan fingerprint density at radius 2 is 0.897 bits per heavy atom. The molecule has 0 bridgehead atoms. The summed E-state index contributed by atoms with van der Waals surface area (Å²) >= 11 is 0. The van der Waals surface area contributed by atoms with E-state index in [-0.39, 0.29) is 0 Å². The monoisotopic (exact) mass is 386 g/mol. The van der Waals surface area contributed by atoms with Crippen molar-refractivity contribution in [1.29, 1.82) is 0 Å². The molecule has 0 spiro atoms. The third kappa shape index (κ3) is 9.43. The van der Waals surface area contributed by atoms with Crippen LogP contribution in [0, 0.1) is 0 Å². The van der Waals surface area contributed by atoms with E-state index in [2.05, 4.69) is 97.9 Å². The van der Waals surface area contributed by atoms with Gasteiger partial charge in [0, 0.05) is 0 Å². The van der Waals surface area contributed by atoms with Crippen LogP contribution in [0.1, 0.15) is 62.4 Å². The average molecular weight is 387 g/mol. The Morgan fingerprint density at radius 1 is 0.517 bits per heavy atom. The van der Waals surface area contributed by atoms with Crippen LogP contribution in [0.4, 0.5) is 0 Å². The Labute approximate surface area is 179 Å². The van der Waals surface area contributed by atoms with Crippen LogP contribution in [0.2, 0.25) is 0 Å². The molecule has 0 heterocycles. The van der Waals surface area contributed by atoms with Gasteiger partial charge in [0.1, 0.15) is 0 Å². The highest BCUT2D eigenvalue weighted by Crippen LogP contribution is 2.17. The third-order valence-corrected chi connectivity index (χ3v) is 4.52. The maximum absolute atomic E-state index is 2.39. The van der Waals surface area contributed by atoms with Crippen molar-refractivity contribution in [3.63, 3.8) is 0 Å². The maximum atomic E-state index is 2.39. The molecule has 0 aliphatic carbocycles. The fourth-order valence-electron chi connectivity index (χ4n) is 3.24. The van der Waals surface area contributed by atoms with E-state index in [9.17, 15) is 0 Å². The average Bonchev–Trinajstić information content (AvgIpc) is 2.81. The van der Waals surface area contributed by atoms with Crippen LogP contribution in [0.25, 0.3) is 6.08 Å². The predicted octanol–water partition coefficient (Wildman–Crippen LogP) is 8.34. The predicted molar refractivity (Wildman–Crippen MR) is 132 cm³/mol. The first-order valence-corrected chi connectivity index (χ1v) is 11.2. The molecule has 0 saturated heterocycles. The molecule has 0 aliphatic heterocycles. The Hall–Kier alpha value is -2.60. The molecule has 3 aromatic rings. The van der Waals surface area contributed by atoms with Gasteiger partial charge in [-0.1, -0.05) is 119 Å². The van der Waals surface area contributed by atoms with Crippen molar-refractivity contribution in [2.45, 2.75) is 60.3 Å². The second kappa shape index (κ2) is 15.3. The first-order valence-electron chi connectivity index (χ1n) is 11.2. The molecule has 154 valence electrons. The Morgan fingerprint density at radius 3 is 1.28 bits per heavy atom. The van der Waals surface area contributed by atoms with Crippen LogP contribution in [0.3, 0.4) is 0 Å². The fraction of sp³-hybridized carbons (Fsp3) is 0.310. The molecular weight excluding hydrogens is 348 g/mol. The maximum Gasteiger partial charge on any atom is -0.0238 e. The van der Waals surface area contributed by atoms with Gasteiger partial charge < -0.3 is 0 Å². The van der Waals surface area contributed by atoms with Gasteiger partial charge in [0.05, 0.1) is 0 Å². The van der Waals surface area contributed by atoms with Crippen molar-refractivity contribution in [3.05, 3.63) is 113 Å².